The Labute approximate surface area is 139 Å². The van der Waals surface area contributed by atoms with E-state index in [-0.39, 0.29) is 9.62 Å². The van der Waals surface area contributed by atoms with Crippen LogP contribution in [0.5, 0.6) is 0 Å². The van der Waals surface area contributed by atoms with Crippen molar-refractivity contribution in [3.63, 3.8) is 0 Å². The monoisotopic (exact) mass is 322 g/mol. The molecule has 1 saturated heterocycles. The Hall–Kier alpha value is -0.320. The molecular formula is C17H26N2S2. The lowest BCUT2D eigenvalue weighted by molar-refractivity contribution is 0.200. The number of anilines is 1. The Kier molecular flexibility index (Phi) is 4.00. The van der Waals surface area contributed by atoms with Crippen molar-refractivity contribution in [2.75, 3.05) is 31.6 Å². The average molecular weight is 323 g/mol. The van der Waals surface area contributed by atoms with E-state index in [1.54, 1.807) is 0 Å². The molecule has 21 heavy (non-hydrogen) atoms. The largest absolute Gasteiger partial charge is 0.367 e. The summed E-state index contributed by atoms with van der Waals surface area (Å²) in [4.78, 5) is 5.00. The predicted molar refractivity (Wildman–Crippen MR) is 98.0 cm³/mol. The summed E-state index contributed by atoms with van der Waals surface area (Å²) in [5.74, 6) is 0. The maximum atomic E-state index is 4.81. The quantitative estimate of drug-likeness (QED) is 0.649. The van der Waals surface area contributed by atoms with Gasteiger partial charge < -0.3 is 4.90 Å². The second-order valence-corrected chi connectivity index (χ2v) is 8.78. The minimum Gasteiger partial charge on any atom is -0.367 e. The van der Waals surface area contributed by atoms with Crippen LogP contribution < -0.4 is 4.90 Å². The van der Waals surface area contributed by atoms with Crippen molar-refractivity contribution in [3.05, 3.63) is 29.3 Å². The molecule has 0 unspecified atom stereocenters. The van der Waals surface area contributed by atoms with Crippen LogP contribution in [0.3, 0.4) is 0 Å². The number of thiol groups is 2. The molecule has 1 aromatic rings. The van der Waals surface area contributed by atoms with E-state index in [0.717, 1.165) is 19.5 Å². The van der Waals surface area contributed by atoms with Crippen LogP contribution in [0.15, 0.2) is 18.2 Å². The molecule has 0 N–H and O–H groups in total. The summed E-state index contributed by atoms with van der Waals surface area (Å²) in [6, 6.07) is 6.77. The highest BCUT2D eigenvalue weighted by Crippen LogP contribution is 2.47. The molecule has 0 amide bonds. The van der Waals surface area contributed by atoms with Gasteiger partial charge in [-0.15, -0.1) is 0 Å². The maximum absolute atomic E-state index is 4.81. The van der Waals surface area contributed by atoms with E-state index in [1.165, 1.54) is 36.2 Å². The van der Waals surface area contributed by atoms with E-state index in [9.17, 15) is 0 Å². The molecule has 2 aliphatic heterocycles. The fraction of sp³-hybridized carbons (Fsp3) is 0.647. The Morgan fingerprint density at radius 3 is 2.67 bits per heavy atom. The van der Waals surface area contributed by atoms with E-state index >= 15 is 0 Å². The number of fused-ring (bicyclic) bond motifs is 1. The van der Waals surface area contributed by atoms with E-state index < -0.39 is 0 Å². The van der Waals surface area contributed by atoms with Crippen molar-refractivity contribution in [2.24, 2.45) is 0 Å². The average Bonchev–Trinajstić information content (AvgIpc) is 2.88. The van der Waals surface area contributed by atoms with E-state index in [4.69, 9.17) is 25.3 Å². The second kappa shape index (κ2) is 5.39. The van der Waals surface area contributed by atoms with Crippen LogP contribution in [0, 0.1) is 0 Å². The molecule has 0 aliphatic carbocycles. The van der Waals surface area contributed by atoms with Gasteiger partial charge in [0.25, 0.3) is 0 Å². The van der Waals surface area contributed by atoms with Crippen molar-refractivity contribution in [3.8, 4) is 0 Å². The molecule has 0 spiro atoms. The molecule has 1 aromatic carbocycles. The third-order valence-corrected chi connectivity index (χ3v) is 6.08. The summed E-state index contributed by atoms with van der Waals surface area (Å²) >= 11 is 9.61. The fourth-order valence-corrected chi connectivity index (χ4v) is 4.46. The van der Waals surface area contributed by atoms with Crippen LogP contribution in [0.4, 0.5) is 5.69 Å². The van der Waals surface area contributed by atoms with Crippen LogP contribution in [-0.4, -0.2) is 37.1 Å². The van der Waals surface area contributed by atoms with Gasteiger partial charge in [0.15, 0.2) is 0 Å². The number of hydrogen-bond acceptors (Lipinski definition) is 4. The van der Waals surface area contributed by atoms with E-state index in [2.05, 4.69) is 48.9 Å². The zero-order chi connectivity index (χ0) is 15.3. The number of rotatable bonds is 3. The zero-order valence-corrected chi connectivity index (χ0v) is 15.1. The normalized spacial score (nSPS) is 28.1. The first-order valence-electron chi connectivity index (χ1n) is 7.90. The summed E-state index contributed by atoms with van der Waals surface area (Å²) < 4.78 is -0.338. The molecule has 2 nitrogen and oxygen atoms in total. The smallest absolute Gasteiger partial charge is 0.0998 e. The van der Waals surface area contributed by atoms with E-state index in [1.807, 2.05) is 0 Å². The Balaban J connectivity index is 1.92. The van der Waals surface area contributed by atoms with Gasteiger partial charge in [0, 0.05) is 29.9 Å². The lowest BCUT2D eigenvalue weighted by Crippen LogP contribution is -2.48. The van der Waals surface area contributed by atoms with Crippen LogP contribution >= 0.6 is 25.3 Å². The van der Waals surface area contributed by atoms with Gasteiger partial charge in [0.05, 0.1) is 4.08 Å². The Morgan fingerprint density at radius 1 is 1.29 bits per heavy atom. The van der Waals surface area contributed by atoms with Gasteiger partial charge in [0.2, 0.25) is 0 Å². The first kappa shape index (κ1) is 15.6. The molecule has 0 bridgehead atoms. The van der Waals surface area contributed by atoms with Crippen LogP contribution in [0.25, 0.3) is 0 Å². The lowest BCUT2D eigenvalue weighted by atomic mass is 9.98. The van der Waals surface area contributed by atoms with Gasteiger partial charge >= 0.3 is 0 Å². The SMILES string of the molecule is CCc1ccc2c(c1)N(C[C@@]1(C)CCCN1C)CC2(S)S. The van der Waals surface area contributed by atoms with Gasteiger partial charge in [-0.2, -0.15) is 25.3 Å². The topological polar surface area (TPSA) is 6.48 Å². The summed E-state index contributed by atoms with van der Waals surface area (Å²) in [6.07, 6.45) is 3.65. The first-order chi connectivity index (χ1) is 9.86. The molecule has 1 fully saturated rings. The summed E-state index contributed by atoms with van der Waals surface area (Å²) in [5.41, 5.74) is 4.25. The third-order valence-electron chi connectivity index (χ3n) is 5.32. The molecule has 0 radical (unpaired) electrons. The molecule has 4 heteroatoms. The third kappa shape index (κ3) is 2.71. The van der Waals surface area contributed by atoms with Crippen LogP contribution in [-0.2, 0) is 10.5 Å². The number of benzene rings is 1. The van der Waals surface area contributed by atoms with Crippen LogP contribution in [0.2, 0.25) is 0 Å². The van der Waals surface area contributed by atoms with Crippen molar-refractivity contribution in [2.45, 2.75) is 42.7 Å². The molecule has 1 atom stereocenters. The minimum absolute atomic E-state index is 0.265. The second-order valence-electron chi connectivity index (χ2n) is 6.90. The molecule has 2 aliphatic rings. The number of likely N-dealkylation sites (N-methyl/N-ethyl adjacent to an activating group) is 1. The maximum Gasteiger partial charge on any atom is 0.0998 e. The summed E-state index contributed by atoms with van der Waals surface area (Å²) in [7, 11) is 2.25. The molecular weight excluding hydrogens is 296 g/mol. The first-order valence-corrected chi connectivity index (χ1v) is 8.79. The summed E-state index contributed by atoms with van der Waals surface area (Å²) in [6.45, 7) is 7.75. The number of aryl methyl sites for hydroxylation is 1. The number of likely N-dealkylation sites (tertiary alicyclic amines) is 1. The van der Waals surface area contributed by atoms with Crippen molar-refractivity contribution in [1.82, 2.24) is 4.90 Å². The highest BCUT2D eigenvalue weighted by molar-refractivity contribution is 7.99. The van der Waals surface area contributed by atoms with E-state index in [0.29, 0.717) is 0 Å². The predicted octanol–water partition coefficient (Wildman–Crippen LogP) is 3.57. The van der Waals surface area contributed by atoms with Gasteiger partial charge in [-0.25, -0.2) is 0 Å². The molecule has 0 aromatic heterocycles. The molecule has 2 heterocycles. The van der Waals surface area contributed by atoms with Crippen LogP contribution in [0.1, 0.15) is 37.8 Å². The standard InChI is InChI=1S/C17H26N2S2/c1-4-13-6-7-14-15(10-13)19(12-17(14,20)21)11-16(2)8-5-9-18(16)3/h6-7,10,20-21H,4-5,8-9,11-12H2,1-3H3/t16-/m1/s1. The van der Waals surface area contributed by atoms with Crippen molar-refractivity contribution in [1.29, 1.82) is 0 Å². The Morgan fingerprint density at radius 2 is 2.05 bits per heavy atom. The highest BCUT2D eigenvalue weighted by atomic mass is 32.2. The molecule has 116 valence electrons. The van der Waals surface area contributed by atoms with Crippen molar-refractivity contribution < 1.29 is 0 Å². The molecule has 3 rings (SSSR count). The summed E-state index contributed by atoms with van der Waals surface area (Å²) in [5, 5.41) is 0. The van der Waals surface area contributed by atoms with Gasteiger partial charge in [-0.1, -0.05) is 19.1 Å². The fourth-order valence-electron chi connectivity index (χ4n) is 3.74. The Bertz CT molecular complexity index is 544. The lowest BCUT2D eigenvalue weighted by Gasteiger charge is -2.37. The van der Waals surface area contributed by atoms with Gasteiger partial charge in [0.1, 0.15) is 0 Å². The van der Waals surface area contributed by atoms with Crippen molar-refractivity contribution >= 4 is 30.9 Å². The van der Waals surface area contributed by atoms with Gasteiger partial charge in [-0.3, -0.25) is 4.90 Å². The van der Waals surface area contributed by atoms with Gasteiger partial charge in [-0.05, 0) is 51.4 Å². The number of nitrogens with zero attached hydrogens (tertiary/aromatic N) is 2. The minimum atomic E-state index is -0.338. The number of hydrogen-bond donors (Lipinski definition) is 2. The highest BCUT2D eigenvalue weighted by Gasteiger charge is 2.42. The zero-order valence-electron chi connectivity index (χ0n) is 13.3. The molecule has 0 saturated carbocycles.